The molecule has 19 heavy (non-hydrogen) atoms. The highest BCUT2D eigenvalue weighted by Crippen LogP contribution is 2.26. The van der Waals surface area contributed by atoms with Crippen LogP contribution in [0.2, 0.25) is 10.0 Å². The number of carbonyl (C=O) groups excluding carboxylic acids is 1. The Morgan fingerprint density at radius 1 is 1.11 bits per heavy atom. The molecule has 2 N–H and O–H groups in total. The van der Waals surface area contributed by atoms with Crippen molar-refractivity contribution in [2.75, 3.05) is 5.32 Å². The molecule has 0 saturated carbocycles. The molecule has 0 bridgehead atoms. The molecule has 0 aliphatic rings. The Morgan fingerprint density at radius 3 is 2.58 bits per heavy atom. The first-order valence-corrected chi connectivity index (χ1v) is 6.33. The van der Waals surface area contributed by atoms with Crippen LogP contribution in [0.4, 0.5) is 5.69 Å². The van der Waals surface area contributed by atoms with Crippen LogP contribution >= 0.6 is 23.2 Å². The first-order chi connectivity index (χ1) is 9.13. The third-order valence-electron chi connectivity index (χ3n) is 2.63. The number of halogens is 2. The Morgan fingerprint density at radius 2 is 1.84 bits per heavy atom. The van der Waals surface area contributed by atoms with Gasteiger partial charge in [0.25, 0.3) is 5.91 Å². The molecule has 2 aromatic carbocycles. The van der Waals surface area contributed by atoms with Crippen LogP contribution in [0.1, 0.15) is 15.9 Å². The zero-order valence-corrected chi connectivity index (χ0v) is 11.4. The summed E-state index contributed by atoms with van der Waals surface area (Å²) in [7, 11) is 0. The third-order valence-corrected chi connectivity index (χ3v) is 3.45. The van der Waals surface area contributed by atoms with Crippen LogP contribution in [0.5, 0.6) is 0 Å². The van der Waals surface area contributed by atoms with Crippen LogP contribution < -0.4 is 5.32 Å². The maximum atomic E-state index is 12.1. The highest BCUT2D eigenvalue weighted by Gasteiger charge is 2.13. The lowest BCUT2D eigenvalue weighted by Gasteiger charge is -2.10. The van der Waals surface area contributed by atoms with Gasteiger partial charge in [-0.15, -0.1) is 0 Å². The monoisotopic (exact) mass is 295 g/mol. The molecule has 2 aromatic rings. The van der Waals surface area contributed by atoms with Gasteiger partial charge >= 0.3 is 0 Å². The SMILES string of the molecule is O=C(Nc1ccccc1CO)c1cccc(Cl)c1Cl. The molecule has 0 aromatic heterocycles. The summed E-state index contributed by atoms with van der Waals surface area (Å²) in [6, 6.07) is 11.9. The van der Waals surface area contributed by atoms with Crippen LogP contribution in [0.3, 0.4) is 0 Å². The van der Waals surface area contributed by atoms with Crippen molar-refractivity contribution in [3.05, 3.63) is 63.6 Å². The van der Waals surface area contributed by atoms with Crippen molar-refractivity contribution in [2.24, 2.45) is 0 Å². The molecule has 0 atom stereocenters. The minimum Gasteiger partial charge on any atom is -0.392 e. The number of hydrogen-bond acceptors (Lipinski definition) is 2. The van der Waals surface area contributed by atoms with E-state index in [9.17, 15) is 9.90 Å². The molecule has 0 aliphatic carbocycles. The predicted octanol–water partition coefficient (Wildman–Crippen LogP) is 3.74. The second-order valence-electron chi connectivity index (χ2n) is 3.87. The molecule has 0 saturated heterocycles. The van der Waals surface area contributed by atoms with Gasteiger partial charge in [0.2, 0.25) is 0 Å². The minimum atomic E-state index is -0.367. The van der Waals surface area contributed by atoms with Crippen LogP contribution in [0.15, 0.2) is 42.5 Å². The number of nitrogens with one attached hydrogen (secondary N) is 1. The zero-order valence-electron chi connectivity index (χ0n) is 9.86. The lowest BCUT2D eigenvalue weighted by Crippen LogP contribution is -2.13. The summed E-state index contributed by atoms with van der Waals surface area (Å²) in [4.78, 5) is 12.1. The van der Waals surface area contributed by atoms with Gasteiger partial charge in [-0.1, -0.05) is 47.5 Å². The summed E-state index contributed by atoms with van der Waals surface area (Å²) in [5.41, 5.74) is 1.47. The van der Waals surface area contributed by atoms with Gasteiger partial charge in [-0.2, -0.15) is 0 Å². The van der Waals surface area contributed by atoms with E-state index in [1.165, 1.54) is 0 Å². The number of anilines is 1. The van der Waals surface area contributed by atoms with E-state index in [1.54, 1.807) is 42.5 Å². The summed E-state index contributed by atoms with van der Waals surface area (Å²) in [6.07, 6.45) is 0. The normalized spacial score (nSPS) is 10.3. The van der Waals surface area contributed by atoms with Crippen molar-refractivity contribution in [1.82, 2.24) is 0 Å². The topological polar surface area (TPSA) is 49.3 Å². The largest absolute Gasteiger partial charge is 0.392 e. The lowest BCUT2D eigenvalue weighted by molar-refractivity contribution is 0.102. The van der Waals surface area contributed by atoms with E-state index in [0.717, 1.165) is 0 Å². The standard InChI is InChI=1S/C14H11Cl2NO2/c15-11-6-3-5-10(13(11)16)14(19)17-12-7-2-1-4-9(12)8-18/h1-7,18H,8H2,(H,17,19). The molecule has 0 radical (unpaired) electrons. The van der Waals surface area contributed by atoms with Gasteiger partial charge in [-0.3, -0.25) is 4.79 Å². The van der Waals surface area contributed by atoms with Crippen molar-refractivity contribution in [1.29, 1.82) is 0 Å². The fourth-order valence-corrected chi connectivity index (χ4v) is 2.04. The van der Waals surface area contributed by atoms with Gasteiger partial charge in [0.05, 0.1) is 22.2 Å². The molecular formula is C14H11Cl2NO2. The highest BCUT2D eigenvalue weighted by atomic mass is 35.5. The number of amides is 1. The van der Waals surface area contributed by atoms with Gasteiger partial charge in [0.15, 0.2) is 0 Å². The molecule has 2 rings (SSSR count). The number of para-hydroxylation sites is 1. The van der Waals surface area contributed by atoms with Crippen LogP contribution in [-0.2, 0) is 6.61 Å². The lowest BCUT2D eigenvalue weighted by atomic mass is 10.1. The minimum absolute atomic E-state index is 0.153. The quantitative estimate of drug-likeness (QED) is 0.906. The Labute approximate surface area is 120 Å². The van der Waals surface area contributed by atoms with Gasteiger partial charge in [-0.25, -0.2) is 0 Å². The number of carbonyl (C=O) groups is 1. The second-order valence-corrected chi connectivity index (χ2v) is 4.66. The highest BCUT2D eigenvalue weighted by molar-refractivity contribution is 6.44. The molecule has 5 heteroatoms. The number of rotatable bonds is 3. The molecule has 0 unspecified atom stereocenters. The fraction of sp³-hybridized carbons (Fsp3) is 0.0714. The van der Waals surface area contributed by atoms with E-state index in [0.29, 0.717) is 21.8 Å². The second kappa shape index (κ2) is 6.06. The Hall–Kier alpha value is -1.55. The zero-order chi connectivity index (χ0) is 13.8. The van der Waals surface area contributed by atoms with Crippen molar-refractivity contribution in [3.63, 3.8) is 0 Å². The van der Waals surface area contributed by atoms with Gasteiger partial charge in [0, 0.05) is 11.3 Å². The molecule has 0 heterocycles. The van der Waals surface area contributed by atoms with Gasteiger partial charge < -0.3 is 10.4 Å². The van der Waals surface area contributed by atoms with Gasteiger partial charge in [-0.05, 0) is 18.2 Å². The molecule has 1 amide bonds. The molecule has 3 nitrogen and oxygen atoms in total. The predicted molar refractivity (Wildman–Crippen MR) is 76.8 cm³/mol. The summed E-state index contributed by atoms with van der Waals surface area (Å²) < 4.78 is 0. The van der Waals surface area contributed by atoms with Crippen LogP contribution in [0, 0.1) is 0 Å². The van der Waals surface area contributed by atoms with Crippen molar-refractivity contribution < 1.29 is 9.90 Å². The number of hydrogen-bond donors (Lipinski definition) is 2. The number of aliphatic hydroxyl groups excluding tert-OH is 1. The smallest absolute Gasteiger partial charge is 0.257 e. The maximum Gasteiger partial charge on any atom is 0.257 e. The molecule has 0 spiro atoms. The van der Waals surface area contributed by atoms with E-state index in [1.807, 2.05) is 0 Å². The third kappa shape index (κ3) is 3.07. The van der Waals surface area contributed by atoms with E-state index in [2.05, 4.69) is 5.32 Å². The Kier molecular flexibility index (Phi) is 4.43. The van der Waals surface area contributed by atoms with E-state index in [4.69, 9.17) is 23.2 Å². The molecular weight excluding hydrogens is 285 g/mol. The van der Waals surface area contributed by atoms with Crippen molar-refractivity contribution in [2.45, 2.75) is 6.61 Å². The summed E-state index contributed by atoms with van der Waals surface area (Å²) >= 11 is 11.9. The first-order valence-electron chi connectivity index (χ1n) is 5.57. The summed E-state index contributed by atoms with van der Waals surface area (Å²) in [5, 5.41) is 12.4. The van der Waals surface area contributed by atoms with E-state index in [-0.39, 0.29) is 17.5 Å². The average molecular weight is 296 g/mol. The van der Waals surface area contributed by atoms with Crippen LogP contribution in [0.25, 0.3) is 0 Å². The van der Waals surface area contributed by atoms with Crippen LogP contribution in [-0.4, -0.2) is 11.0 Å². The molecule has 0 aliphatic heterocycles. The summed E-state index contributed by atoms with van der Waals surface area (Å²) in [5.74, 6) is -0.367. The number of aliphatic hydroxyl groups is 1. The van der Waals surface area contributed by atoms with Gasteiger partial charge in [0.1, 0.15) is 0 Å². The fourth-order valence-electron chi connectivity index (χ4n) is 1.65. The summed E-state index contributed by atoms with van der Waals surface area (Å²) in [6.45, 7) is -0.153. The van der Waals surface area contributed by atoms with E-state index < -0.39 is 0 Å². The molecule has 98 valence electrons. The number of benzene rings is 2. The Balaban J connectivity index is 2.28. The average Bonchev–Trinajstić information content (AvgIpc) is 2.42. The van der Waals surface area contributed by atoms with Crippen molar-refractivity contribution in [3.8, 4) is 0 Å². The molecule has 0 fully saturated rings. The first kappa shape index (κ1) is 13.9. The Bertz CT molecular complexity index is 614. The van der Waals surface area contributed by atoms with E-state index >= 15 is 0 Å². The maximum absolute atomic E-state index is 12.1. The van der Waals surface area contributed by atoms with Crippen molar-refractivity contribution >= 4 is 34.8 Å².